The van der Waals surface area contributed by atoms with E-state index >= 15 is 0 Å². The SMILES string of the molecule is COc1cccc(CN2CCC[C@H](c3cc(C(=O)NC45CC6CC(CC(C6)C4)C5)on3)C2)c1. The Balaban J connectivity index is 1.10. The Morgan fingerprint density at radius 2 is 1.94 bits per heavy atom. The van der Waals surface area contributed by atoms with Crippen molar-refractivity contribution in [1.82, 2.24) is 15.4 Å². The molecule has 1 amide bonds. The average Bonchev–Trinajstić information content (AvgIpc) is 3.29. The first-order valence-corrected chi connectivity index (χ1v) is 12.7. The molecule has 0 spiro atoms. The molecule has 1 N–H and O–H groups in total. The first kappa shape index (κ1) is 21.2. The summed E-state index contributed by atoms with van der Waals surface area (Å²) in [7, 11) is 1.71. The van der Waals surface area contributed by atoms with Gasteiger partial charge in [-0.1, -0.05) is 17.3 Å². The molecule has 1 aromatic heterocycles. The van der Waals surface area contributed by atoms with Crippen molar-refractivity contribution in [2.75, 3.05) is 20.2 Å². The summed E-state index contributed by atoms with van der Waals surface area (Å²) in [4.78, 5) is 15.6. The predicted molar refractivity (Wildman–Crippen MR) is 125 cm³/mol. The van der Waals surface area contributed by atoms with Crippen molar-refractivity contribution < 1.29 is 14.1 Å². The Labute approximate surface area is 196 Å². The van der Waals surface area contributed by atoms with E-state index in [1.54, 1.807) is 7.11 Å². The van der Waals surface area contributed by atoms with E-state index in [1.807, 2.05) is 18.2 Å². The van der Waals surface area contributed by atoms with Crippen LogP contribution in [-0.4, -0.2) is 41.7 Å². The number of hydrogen-bond acceptors (Lipinski definition) is 5. The fourth-order valence-electron chi connectivity index (χ4n) is 7.62. The van der Waals surface area contributed by atoms with Gasteiger partial charge >= 0.3 is 0 Å². The summed E-state index contributed by atoms with van der Waals surface area (Å²) in [5.74, 6) is 3.92. The molecule has 5 fully saturated rings. The van der Waals surface area contributed by atoms with E-state index in [-0.39, 0.29) is 11.4 Å². The van der Waals surface area contributed by atoms with Gasteiger partial charge in [0.1, 0.15) is 5.75 Å². The van der Waals surface area contributed by atoms with Gasteiger partial charge in [0, 0.05) is 30.6 Å². The molecule has 176 valence electrons. The summed E-state index contributed by atoms with van der Waals surface area (Å²) in [6.45, 7) is 2.90. The third kappa shape index (κ3) is 4.30. The number of hydrogen-bond donors (Lipinski definition) is 1. The summed E-state index contributed by atoms with van der Waals surface area (Å²) in [5.41, 5.74) is 2.17. The van der Waals surface area contributed by atoms with Gasteiger partial charge in [-0.15, -0.1) is 0 Å². The monoisotopic (exact) mass is 449 g/mol. The number of aromatic nitrogens is 1. The number of rotatable bonds is 6. The molecule has 1 aromatic carbocycles. The molecule has 1 atom stereocenters. The summed E-state index contributed by atoms with van der Waals surface area (Å²) in [6, 6.07) is 10.2. The summed E-state index contributed by atoms with van der Waals surface area (Å²) >= 11 is 0. The van der Waals surface area contributed by atoms with E-state index in [9.17, 15) is 4.79 Å². The highest BCUT2D eigenvalue weighted by Crippen LogP contribution is 2.55. The van der Waals surface area contributed by atoms with Crippen LogP contribution in [0.4, 0.5) is 0 Å². The van der Waals surface area contributed by atoms with Crippen molar-refractivity contribution >= 4 is 5.91 Å². The fourth-order valence-corrected chi connectivity index (χ4v) is 7.62. The summed E-state index contributed by atoms with van der Waals surface area (Å²) < 4.78 is 10.9. The van der Waals surface area contributed by atoms with E-state index in [2.05, 4.69) is 27.5 Å². The van der Waals surface area contributed by atoms with Crippen molar-refractivity contribution in [2.24, 2.45) is 17.8 Å². The van der Waals surface area contributed by atoms with E-state index in [1.165, 1.54) is 24.8 Å². The zero-order valence-electron chi connectivity index (χ0n) is 19.6. The molecule has 0 unspecified atom stereocenters. The van der Waals surface area contributed by atoms with E-state index in [4.69, 9.17) is 9.26 Å². The maximum Gasteiger partial charge on any atom is 0.290 e. The fraction of sp³-hybridized carbons (Fsp3) is 0.630. The molecule has 0 radical (unpaired) electrons. The second-order valence-electron chi connectivity index (χ2n) is 11.2. The van der Waals surface area contributed by atoms with Gasteiger partial charge in [0.25, 0.3) is 5.91 Å². The van der Waals surface area contributed by atoms with Crippen LogP contribution in [-0.2, 0) is 6.54 Å². The Morgan fingerprint density at radius 1 is 1.18 bits per heavy atom. The maximum atomic E-state index is 13.1. The van der Waals surface area contributed by atoms with Crippen LogP contribution in [0.1, 0.15) is 79.1 Å². The van der Waals surface area contributed by atoms with Gasteiger partial charge in [-0.2, -0.15) is 0 Å². The first-order chi connectivity index (χ1) is 16.1. The van der Waals surface area contributed by atoms with Crippen molar-refractivity contribution in [3.05, 3.63) is 47.3 Å². The molecule has 6 heteroatoms. The van der Waals surface area contributed by atoms with Crippen LogP contribution in [0, 0.1) is 17.8 Å². The Hall–Kier alpha value is -2.34. The lowest BCUT2D eigenvalue weighted by Crippen LogP contribution is -2.59. The number of nitrogens with one attached hydrogen (secondary N) is 1. The highest BCUT2D eigenvalue weighted by atomic mass is 16.5. The minimum atomic E-state index is -0.0697. The second-order valence-corrected chi connectivity index (χ2v) is 11.2. The normalized spacial score (nSPS) is 33.2. The van der Waals surface area contributed by atoms with Crippen LogP contribution in [0.3, 0.4) is 0 Å². The lowest BCUT2D eigenvalue weighted by molar-refractivity contribution is -0.0172. The van der Waals surface area contributed by atoms with Crippen LogP contribution in [0.25, 0.3) is 0 Å². The van der Waals surface area contributed by atoms with Crippen LogP contribution in [0.15, 0.2) is 34.9 Å². The highest BCUT2D eigenvalue weighted by Gasteiger charge is 2.51. The quantitative estimate of drug-likeness (QED) is 0.689. The van der Waals surface area contributed by atoms with Gasteiger partial charge in [-0.3, -0.25) is 9.69 Å². The van der Waals surface area contributed by atoms with Crippen molar-refractivity contribution in [3.8, 4) is 5.75 Å². The molecular weight excluding hydrogens is 414 g/mol. The average molecular weight is 450 g/mol. The van der Waals surface area contributed by atoms with Crippen LogP contribution >= 0.6 is 0 Å². The zero-order chi connectivity index (χ0) is 22.4. The van der Waals surface area contributed by atoms with E-state index in [0.29, 0.717) is 11.7 Å². The number of ether oxygens (including phenoxy) is 1. The van der Waals surface area contributed by atoms with Gasteiger partial charge in [0.15, 0.2) is 0 Å². The Morgan fingerprint density at radius 3 is 2.67 bits per heavy atom. The minimum Gasteiger partial charge on any atom is -0.497 e. The largest absolute Gasteiger partial charge is 0.497 e. The lowest BCUT2D eigenvalue weighted by Gasteiger charge is -2.56. The smallest absolute Gasteiger partial charge is 0.290 e. The van der Waals surface area contributed by atoms with Gasteiger partial charge in [-0.05, 0) is 93.4 Å². The van der Waals surface area contributed by atoms with Crippen LogP contribution < -0.4 is 10.1 Å². The van der Waals surface area contributed by atoms with Gasteiger partial charge < -0.3 is 14.6 Å². The van der Waals surface area contributed by atoms with Crippen LogP contribution in [0.5, 0.6) is 5.75 Å². The topological polar surface area (TPSA) is 67.6 Å². The van der Waals surface area contributed by atoms with Crippen molar-refractivity contribution in [2.45, 2.75) is 69.4 Å². The molecule has 2 heterocycles. The number of nitrogens with zero attached hydrogens (tertiary/aromatic N) is 2. The van der Waals surface area contributed by atoms with Gasteiger partial charge in [-0.25, -0.2) is 0 Å². The molecule has 4 saturated carbocycles. The number of amides is 1. The molecule has 7 rings (SSSR count). The molecule has 5 aliphatic rings. The van der Waals surface area contributed by atoms with Crippen LogP contribution in [0.2, 0.25) is 0 Å². The number of benzene rings is 1. The maximum absolute atomic E-state index is 13.1. The number of methoxy groups -OCH3 is 1. The van der Waals surface area contributed by atoms with E-state index < -0.39 is 0 Å². The highest BCUT2D eigenvalue weighted by molar-refractivity contribution is 5.92. The third-order valence-electron chi connectivity index (χ3n) is 8.63. The third-order valence-corrected chi connectivity index (χ3v) is 8.63. The lowest BCUT2D eigenvalue weighted by atomic mass is 9.53. The molecule has 4 aliphatic carbocycles. The summed E-state index contributed by atoms with van der Waals surface area (Å²) in [6.07, 6.45) is 9.75. The second kappa shape index (κ2) is 8.46. The van der Waals surface area contributed by atoms with Gasteiger partial charge in [0.2, 0.25) is 5.76 Å². The Bertz CT molecular complexity index is 980. The number of likely N-dealkylation sites (tertiary alicyclic amines) is 1. The Kier molecular flexibility index (Phi) is 5.44. The molecule has 6 nitrogen and oxygen atoms in total. The molecular formula is C27H35N3O3. The zero-order valence-corrected chi connectivity index (χ0v) is 19.6. The number of carbonyl (C=O) groups excluding carboxylic acids is 1. The molecule has 2 aromatic rings. The van der Waals surface area contributed by atoms with Gasteiger partial charge in [0.05, 0.1) is 12.8 Å². The minimum absolute atomic E-state index is 0.00281. The molecule has 1 saturated heterocycles. The van der Waals surface area contributed by atoms with Crippen molar-refractivity contribution in [1.29, 1.82) is 0 Å². The van der Waals surface area contributed by atoms with E-state index in [0.717, 1.165) is 80.9 Å². The first-order valence-electron chi connectivity index (χ1n) is 12.7. The standard InChI is InChI=1S/C27H35N3O3/c1-32-23-6-2-4-18(11-23)16-30-7-3-5-22(17-30)24-12-25(33-29-24)26(31)28-27-13-19-8-20(14-27)10-21(9-19)15-27/h2,4,6,11-12,19-22H,3,5,7-10,13-17H2,1H3,(H,28,31)/t19?,20?,21?,22-,27?/m0/s1. The summed E-state index contributed by atoms with van der Waals surface area (Å²) in [5, 5.41) is 7.76. The number of carbonyl (C=O) groups is 1. The molecule has 1 aliphatic heterocycles. The molecule has 4 bridgehead atoms. The molecule has 33 heavy (non-hydrogen) atoms. The van der Waals surface area contributed by atoms with Crippen molar-refractivity contribution in [3.63, 3.8) is 0 Å². The number of piperidine rings is 1. The predicted octanol–water partition coefficient (Wildman–Crippen LogP) is 4.76.